The van der Waals surface area contributed by atoms with Crippen molar-refractivity contribution in [2.24, 2.45) is 23.5 Å². The fourth-order valence-corrected chi connectivity index (χ4v) is 7.37. The van der Waals surface area contributed by atoms with Gasteiger partial charge in [-0.1, -0.05) is 48.0 Å². The largest absolute Gasteiger partial charge is 0.480 e. The van der Waals surface area contributed by atoms with Crippen LogP contribution in [-0.2, 0) is 54.4 Å². The molecule has 0 unspecified atom stereocenters. The van der Waals surface area contributed by atoms with Gasteiger partial charge in [0.2, 0.25) is 53.2 Å². The van der Waals surface area contributed by atoms with Gasteiger partial charge in [-0.15, -0.1) is 0 Å². The van der Waals surface area contributed by atoms with Crippen LogP contribution >= 0.6 is 11.8 Å². The summed E-state index contributed by atoms with van der Waals surface area (Å²) in [4.78, 5) is 140. The average molecular weight is 1040 g/mol. The summed E-state index contributed by atoms with van der Waals surface area (Å²) in [6.07, 6.45) is 0.237. The van der Waals surface area contributed by atoms with Crippen molar-refractivity contribution in [3.63, 3.8) is 0 Å². The molecule has 13 atom stereocenters. The Morgan fingerprint density at radius 2 is 1.06 bits per heavy atom. The molecule has 1 aromatic heterocycles. The highest BCUT2D eigenvalue weighted by Gasteiger charge is 2.38. The first-order valence-electron chi connectivity index (χ1n) is 23.8. The van der Waals surface area contributed by atoms with E-state index >= 15 is 0 Å². The number of thioether (sulfide) groups is 1. The number of carbonyl (C=O) groups excluding carboxylic acids is 9. The number of carboxylic acids is 1. The number of nitrogens with one attached hydrogen (secondary N) is 10. The summed E-state index contributed by atoms with van der Waals surface area (Å²) >= 11 is 1.36. The lowest BCUT2D eigenvalue weighted by atomic mass is 9.97. The normalized spacial score (nSPS) is 16.8. The first kappa shape index (κ1) is 64.1. The number of amides is 9. The van der Waals surface area contributed by atoms with E-state index < -0.39 is 144 Å². The lowest BCUT2D eigenvalue weighted by Crippen LogP contribution is -2.64. The van der Waals surface area contributed by atoms with Crippen LogP contribution in [0.25, 0.3) is 0 Å². The van der Waals surface area contributed by atoms with Gasteiger partial charge in [-0.25, -0.2) is 9.78 Å². The summed E-state index contributed by atoms with van der Waals surface area (Å²) in [7, 11) is 0. The topological polar surface area (TPSA) is 415 Å². The molecule has 27 heteroatoms. The van der Waals surface area contributed by atoms with E-state index in [4.69, 9.17) is 5.73 Å². The Kier molecular flexibility index (Phi) is 28.1. The third kappa shape index (κ3) is 21.4. The molecule has 0 aliphatic carbocycles. The van der Waals surface area contributed by atoms with Crippen molar-refractivity contribution in [1.29, 1.82) is 0 Å². The van der Waals surface area contributed by atoms with Gasteiger partial charge in [0, 0.05) is 18.3 Å². The van der Waals surface area contributed by atoms with Crippen molar-refractivity contribution in [3.8, 4) is 0 Å². The highest BCUT2D eigenvalue weighted by atomic mass is 32.2. The molecule has 408 valence electrons. The maximum atomic E-state index is 14.0. The zero-order valence-corrected chi connectivity index (χ0v) is 43.7. The first-order valence-corrected chi connectivity index (χ1v) is 25.1. The molecule has 1 aromatic rings. The van der Waals surface area contributed by atoms with Crippen LogP contribution in [0, 0.1) is 17.8 Å². The van der Waals surface area contributed by atoms with E-state index in [9.17, 15) is 68.4 Å². The minimum Gasteiger partial charge on any atom is -0.480 e. The summed E-state index contributed by atoms with van der Waals surface area (Å²) in [5.41, 5.74) is 5.81. The number of H-pyrrole nitrogens is 1. The van der Waals surface area contributed by atoms with E-state index in [1.54, 1.807) is 34.0 Å². The Labute approximate surface area is 423 Å². The van der Waals surface area contributed by atoms with Gasteiger partial charge in [0.15, 0.2) is 6.04 Å². The minimum atomic E-state index is -1.79. The maximum Gasteiger partial charge on any atom is 0.328 e. The Balaban J connectivity index is 3.33. The van der Waals surface area contributed by atoms with Crippen molar-refractivity contribution in [3.05, 3.63) is 18.2 Å². The van der Waals surface area contributed by atoms with E-state index in [2.05, 4.69) is 57.8 Å². The maximum absolute atomic E-state index is 14.0. The Morgan fingerprint density at radius 1 is 0.597 bits per heavy atom. The molecule has 0 aliphatic heterocycles. The van der Waals surface area contributed by atoms with Crippen LogP contribution in [0.3, 0.4) is 0 Å². The molecule has 0 aromatic carbocycles. The summed E-state index contributed by atoms with van der Waals surface area (Å²) in [6.45, 7) is 14.6. The van der Waals surface area contributed by atoms with Crippen LogP contribution in [-0.4, -0.2) is 181 Å². The predicted molar refractivity (Wildman–Crippen MR) is 264 cm³/mol. The number of aliphatic hydroxyl groups is 3. The number of imidazole rings is 1. The van der Waals surface area contributed by atoms with E-state index in [1.807, 2.05) is 13.8 Å². The predicted octanol–water partition coefficient (Wildman–Crippen LogP) is -3.98. The molecule has 1 rings (SSSR count). The molecule has 9 amide bonds. The molecule has 16 N–H and O–H groups in total. The second-order valence-corrected chi connectivity index (χ2v) is 19.5. The highest BCUT2D eigenvalue weighted by Crippen LogP contribution is 2.12. The van der Waals surface area contributed by atoms with E-state index in [-0.39, 0.29) is 31.7 Å². The number of aliphatic carboxylic acids is 1. The number of carboxylic acid groups (broad SMARTS) is 1. The summed E-state index contributed by atoms with van der Waals surface area (Å²) in [5.74, 6) is -10.3. The SMILES string of the molecule is CC[C@H](C)[C@H](NC(=O)[C@H](C)NC(=O)[C@H](Cc1cnc[nH]1)NC(=O)[C@@H](NC(=O)[C@@H](NC(=O)[C@@H](NC(=O)[C@H](CCSC)NC(=O)[C@H](CC(C)C)NC(=O)CN)[C@@H](C)O)[C@@H](C)O)C(C)C)C(=O)N[C@H](C(=O)O)[C@@H](C)O. The van der Waals surface area contributed by atoms with Crippen molar-refractivity contribution in [1.82, 2.24) is 57.8 Å². The van der Waals surface area contributed by atoms with Gasteiger partial charge in [-0.3, -0.25) is 43.2 Å². The lowest BCUT2D eigenvalue weighted by molar-refractivity contribution is -0.145. The third-order valence-corrected chi connectivity index (χ3v) is 12.0. The molecular weight excluding hydrogens is 965 g/mol. The Hall–Kier alpha value is -5.90. The molecule has 0 aliphatic rings. The molecule has 0 saturated carbocycles. The van der Waals surface area contributed by atoms with Crippen LogP contribution in [0.2, 0.25) is 0 Å². The number of carbonyl (C=O) groups is 10. The lowest BCUT2D eigenvalue weighted by Gasteiger charge is -2.30. The molecule has 0 bridgehead atoms. The molecule has 1 heterocycles. The van der Waals surface area contributed by atoms with Crippen molar-refractivity contribution >= 4 is 70.9 Å². The van der Waals surface area contributed by atoms with Crippen LogP contribution in [0.15, 0.2) is 12.5 Å². The third-order valence-electron chi connectivity index (χ3n) is 11.4. The first-order chi connectivity index (χ1) is 33.6. The van der Waals surface area contributed by atoms with Crippen molar-refractivity contribution in [2.45, 2.75) is 168 Å². The van der Waals surface area contributed by atoms with Crippen LogP contribution in [0.5, 0.6) is 0 Å². The quantitative estimate of drug-likeness (QED) is 0.0327. The molecule has 0 saturated heterocycles. The molecule has 26 nitrogen and oxygen atoms in total. The van der Waals surface area contributed by atoms with E-state index in [1.165, 1.54) is 45.1 Å². The van der Waals surface area contributed by atoms with Crippen molar-refractivity contribution < 1.29 is 68.4 Å². The monoisotopic (exact) mass is 1040 g/mol. The number of nitrogens with zero attached hydrogens (tertiary/aromatic N) is 1. The summed E-state index contributed by atoms with van der Waals surface area (Å²) in [6, 6.07) is -13.0. The van der Waals surface area contributed by atoms with Crippen LogP contribution in [0.1, 0.15) is 94.2 Å². The van der Waals surface area contributed by atoms with E-state index in [0.717, 1.165) is 6.92 Å². The summed E-state index contributed by atoms with van der Waals surface area (Å²) in [5, 5.41) is 62.9. The number of hydrogen-bond donors (Lipinski definition) is 15. The molecule has 72 heavy (non-hydrogen) atoms. The minimum absolute atomic E-state index is 0.0436. The summed E-state index contributed by atoms with van der Waals surface area (Å²) < 4.78 is 0. The van der Waals surface area contributed by atoms with Gasteiger partial charge in [-0.05, 0) is 70.3 Å². The van der Waals surface area contributed by atoms with Gasteiger partial charge >= 0.3 is 5.97 Å². The Morgan fingerprint density at radius 3 is 1.51 bits per heavy atom. The molecular formula is C45H78N12O14S. The molecule has 0 spiro atoms. The average Bonchev–Trinajstić information content (AvgIpc) is 3.82. The number of aliphatic hydroxyl groups excluding tert-OH is 3. The van der Waals surface area contributed by atoms with Gasteiger partial charge in [0.1, 0.15) is 48.3 Å². The second kappa shape index (κ2) is 31.5. The number of aromatic amines is 1. The fraction of sp³-hybridized carbons (Fsp3) is 0.711. The Bertz CT molecular complexity index is 1970. The highest BCUT2D eigenvalue weighted by molar-refractivity contribution is 7.98. The molecule has 0 radical (unpaired) electrons. The van der Waals surface area contributed by atoms with Gasteiger partial charge in [-0.2, -0.15) is 11.8 Å². The standard InChI is InChI=1S/C45H78N12O14S/c1-12-22(6)33(42(67)57-36(26(10)60)45(70)71)54-37(62)23(7)49-39(64)30(16-27-18-47-19-48-27)52-41(66)32(21(4)5)53-43(68)35(25(9)59)56-44(69)34(24(8)58)55-38(63)28(13-14-72-11)51-40(65)29(15-20(2)3)50-31(61)17-46/h18-26,28-30,32-36,58-60H,12-17,46H2,1-11H3,(H,47,48)(H,49,64)(H,50,61)(H,51,65)(H,52,66)(H,53,68)(H,54,62)(H,55,63)(H,56,69)(H,57,67)(H,70,71)/t22-,23-,24+,25+,26+,28-,29-,30-,32-,33-,34-,35-,36-/m0/s1. The van der Waals surface area contributed by atoms with Gasteiger partial charge in [0.25, 0.3) is 0 Å². The smallest absolute Gasteiger partial charge is 0.328 e. The number of nitrogens with two attached hydrogens (primary N) is 1. The number of rotatable bonds is 32. The van der Waals surface area contributed by atoms with Crippen LogP contribution in [0.4, 0.5) is 0 Å². The van der Waals surface area contributed by atoms with Crippen LogP contribution < -0.4 is 53.6 Å². The zero-order chi connectivity index (χ0) is 55.2. The zero-order valence-electron chi connectivity index (χ0n) is 42.9. The fourth-order valence-electron chi connectivity index (χ4n) is 6.90. The number of hydrogen-bond acceptors (Lipinski definition) is 16. The van der Waals surface area contributed by atoms with Gasteiger partial charge < -0.3 is 79.0 Å². The number of aromatic nitrogens is 2. The van der Waals surface area contributed by atoms with E-state index in [0.29, 0.717) is 17.9 Å². The van der Waals surface area contributed by atoms with Gasteiger partial charge in [0.05, 0.1) is 31.2 Å². The molecule has 0 fully saturated rings. The van der Waals surface area contributed by atoms with Crippen molar-refractivity contribution in [2.75, 3.05) is 18.6 Å². The second-order valence-electron chi connectivity index (χ2n) is 18.5.